The molecule has 0 fully saturated rings. The second-order valence-electron chi connectivity index (χ2n) is 2.46. The van der Waals surface area contributed by atoms with Gasteiger partial charge >= 0.3 is 0 Å². The van der Waals surface area contributed by atoms with Gasteiger partial charge in [0.1, 0.15) is 5.69 Å². The number of nitrogens with zero attached hydrogens (tertiary/aromatic N) is 2. The van der Waals surface area contributed by atoms with E-state index in [1.54, 1.807) is 0 Å². The Bertz CT molecular complexity index is 306. The number of ketones is 1. The Morgan fingerprint density at radius 1 is 1.67 bits per heavy atom. The summed E-state index contributed by atoms with van der Waals surface area (Å²) in [4.78, 5) is 10.8. The van der Waals surface area contributed by atoms with Crippen LogP contribution >= 0.6 is 0 Å². The van der Waals surface area contributed by atoms with E-state index in [4.69, 9.17) is 0 Å². The van der Waals surface area contributed by atoms with Gasteiger partial charge in [0.05, 0.1) is 5.56 Å². The molecule has 12 heavy (non-hydrogen) atoms. The highest BCUT2D eigenvalue weighted by atomic mass is 19.3. The van der Waals surface area contributed by atoms with E-state index in [2.05, 4.69) is 5.10 Å². The van der Waals surface area contributed by atoms with E-state index in [0.717, 1.165) is 0 Å². The van der Waals surface area contributed by atoms with Crippen molar-refractivity contribution in [2.75, 3.05) is 0 Å². The van der Waals surface area contributed by atoms with Gasteiger partial charge in [-0.05, 0) is 6.92 Å². The molecular formula is C7H8F2N2O. The van der Waals surface area contributed by atoms with Crippen molar-refractivity contribution in [3.8, 4) is 0 Å². The predicted octanol–water partition coefficient (Wildman–Crippen LogP) is 1.56. The lowest BCUT2D eigenvalue weighted by Gasteiger charge is -1.94. The van der Waals surface area contributed by atoms with Crippen LogP contribution in [0.25, 0.3) is 0 Å². The van der Waals surface area contributed by atoms with Gasteiger partial charge in [0.25, 0.3) is 6.43 Å². The van der Waals surface area contributed by atoms with Crippen LogP contribution in [0.5, 0.6) is 0 Å². The van der Waals surface area contributed by atoms with E-state index in [9.17, 15) is 13.6 Å². The number of alkyl halides is 2. The molecule has 0 spiro atoms. The average Bonchev–Trinajstić information content (AvgIpc) is 2.31. The third kappa shape index (κ3) is 1.49. The van der Waals surface area contributed by atoms with Gasteiger partial charge < -0.3 is 0 Å². The van der Waals surface area contributed by atoms with E-state index >= 15 is 0 Å². The molecule has 5 heteroatoms. The molecule has 1 heterocycles. The number of Topliss-reactive ketones (excluding diaryl/α,β-unsaturated/α-hetero) is 1. The predicted molar refractivity (Wildman–Crippen MR) is 38.2 cm³/mol. The molecule has 1 rings (SSSR count). The minimum atomic E-state index is -2.69. The molecule has 0 saturated carbocycles. The van der Waals surface area contributed by atoms with Gasteiger partial charge in [0.15, 0.2) is 5.78 Å². The molecule has 0 aromatic carbocycles. The van der Waals surface area contributed by atoms with E-state index in [-0.39, 0.29) is 5.56 Å². The zero-order valence-electron chi connectivity index (χ0n) is 6.71. The van der Waals surface area contributed by atoms with Crippen molar-refractivity contribution in [1.82, 2.24) is 9.78 Å². The third-order valence-electron chi connectivity index (χ3n) is 1.44. The van der Waals surface area contributed by atoms with E-state index < -0.39 is 17.9 Å². The maximum Gasteiger partial charge on any atom is 0.282 e. The minimum Gasteiger partial charge on any atom is -0.294 e. The Morgan fingerprint density at radius 3 is 2.58 bits per heavy atom. The highest BCUT2D eigenvalue weighted by molar-refractivity contribution is 5.95. The summed E-state index contributed by atoms with van der Waals surface area (Å²) in [6, 6.07) is 0. The van der Waals surface area contributed by atoms with E-state index in [0.29, 0.717) is 0 Å². The van der Waals surface area contributed by atoms with E-state index in [1.807, 2.05) is 0 Å². The molecule has 0 unspecified atom stereocenters. The summed E-state index contributed by atoms with van der Waals surface area (Å²) in [5.41, 5.74) is -0.447. The maximum absolute atomic E-state index is 12.2. The van der Waals surface area contributed by atoms with Crippen molar-refractivity contribution in [1.29, 1.82) is 0 Å². The third-order valence-corrected chi connectivity index (χ3v) is 1.44. The summed E-state index contributed by atoms with van der Waals surface area (Å²) in [5.74, 6) is -0.390. The summed E-state index contributed by atoms with van der Waals surface area (Å²) in [6.07, 6.45) is -1.39. The van der Waals surface area contributed by atoms with E-state index in [1.165, 1.54) is 24.9 Å². The lowest BCUT2D eigenvalue weighted by atomic mass is 10.2. The Kier molecular flexibility index (Phi) is 2.21. The molecule has 1 aromatic rings. The van der Waals surface area contributed by atoms with Crippen LogP contribution in [0.1, 0.15) is 29.4 Å². The topological polar surface area (TPSA) is 34.9 Å². The maximum atomic E-state index is 12.2. The Balaban J connectivity index is 3.17. The quantitative estimate of drug-likeness (QED) is 0.637. The molecule has 0 radical (unpaired) electrons. The largest absolute Gasteiger partial charge is 0.294 e. The van der Waals surface area contributed by atoms with Gasteiger partial charge in [0, 0.05) is 13.2 Å². The second-order valence-corrected chi connectivity index (χ2v) is 2.46. The van der Waals surface area contributed by atoms with Crippen molar-refractivity contribution in [2.45, 2.75) is 13.3 Å². The molecule has 0 N–H and O–H groups in total. The minimum absolute atomic E-state index is 0.00694. The average molecular weight is 174 g/mol. The number of carbonyl (C=O) groups is 1. The highest BCUT2D eigenvalue weighted by Gasteiger charge is 2.19. The van der Waals surface area contributed by atoms with Gasteiger partial charge in [-0.25, -0.2) is 8.78 Å². The normalized spacial score (nSPS) is 10.8. The van der Waals surface area contributed by atoms with Crippen molar-refractivity contribution in [2.24, 2.45) is 7.05 Å². The molecule has 66 valence electrons. The van der Waals surface area contributed by atoms with Gasteiger partial charge in [-0.15, -0.1) is 0 Å². The van der Waals surface area contributed by atoms with Crippen LogP contribution in [0.4, 0.5) is 8.78 Å². The summed E-state index contributed by atoms with van der Waals surface area (Å²) < 4.78 is 25.6. The summed E-state index contributed by atoms with van der Waals surface area (Å²) >= 11 is 0. The van der Waals surface area contributed by atoms with Crippen molar-refractivity contribution in [3.05, 3.63) is 17.5 Å². The lowest BCUT2D eigenvalue weighted by Crippen LogP contribution is -1.97. The molecule has 0 aliphatic rings. The lowest BCUT2D eigenvalue weighted by molar-refractivity contribution is 0.0997. The van der Waals surface area contributed by atoms with Crippen molar-refractivity contribution >= 4 is 5.78 Å². The number of carbonyl (C=O) groups excluding carboxylic acids is 1. The number of aromatic nitrogens is 2. The van der Waals surface area contributed by atoms with Crippen LogP contribution in [-0.4, -0.2) is 15.6 Å². The number of hydrogen-bond acceptors (Lipinski definition) is 2. The van der Waals surface area contributed by atoms with Crippen LogP contribution in [0.15, 0.2) is 6.20 Å². The summed E-state index contributed by atoms with van der Waals surface area (Å²) in [6.45, 7) is 1.24. The zero-order chi connectivity index (χ0) is 9.30. The Morgan fingerprint density at radius 2 is 2.25 bits per heavy atom. The Labute approximate surface area is 68.0 Å². The van der Waals surface area contributed by atoms with Crippen LogP contribution in [0.2, 0.25) is 0 Å². The smallest absolute Gasteiger partial charge is 0.282 e. The molecule has 1 aromatic heterocycles. The molecule has 0 bridgehead atoms. The standard InChI is InChI=1S/C7H8F2N2O/c1-4(12)5-3-11(2)10-6(5)7(8)9/h3,7H,1-2H3. The van der Waals surface area contributed by atoms with Gasteiger partial charge in [-0.2, -0.15) is 5.10 Å². The fraction of sp³-hybridized carbons (Fsp3) is 0.429. The molecular weight excluding hydrogens is 166 g/mol. The van der Waals surface area contributed by atoms with Crippen LogP contribution < -0.4 is 0 Å². The first kappa shape index (κ1) is 8.83. The number of halogens is 2. The second kappa shape index (κ2) is 3.00. The van der Waals surface area contributed by atoms with Crippen molar-refractivity contribution < 1.29 is 13.6 Å². The number of aryl methyl sites for hydroxylation is 1. The molecule has 0 aliphatic heterocycles. The first-order valence-electron chi connectivity index (χ1n) is 3.35. The van der Waals surface area contributed by atoms with Gasteiger partial charge in [-0.1, -0.05) is 0 Å². The van der Waals surface area contributed by atoms with Crippen LogP contribution in [0, 0.1) is 0 Å². The molecule has 0 amide bonds. The van der Waals surface area contributed by atoms with Gasteiger partial charge in [-0.3, -0.25) is 9.48 Å². The Hall–Kier alpha value is -1.26. The van der Waals surface area contributed by atoms with Gasteiger partial charge in [0.2, 0.25) is 0 Å². The van der Waals surface area contributed by atoms with Crippen LogP contribution in [-0.2, 0) is 7.05 Å². The summed E-state index contributed by atoms with van der Waals surface area (Å²) in [5, 5.41) is 3.48. The molecule has 0 atom stereocenters. The molecule has 0 saturated heterocycles. The monoisotopic (exact) mass is 174 g/mol. The highest BCUT2D eigenvalue weighted by Crippen LogP contribution is 2.20. The SMILES string of the molecule is CC(=O)c1cn(C)nc1C(F)F. The zero-order valence-corrected chi connectivity index (χ0v) is 6.71. The van der Waals surface area contributed by atoms with Crippen molar-refractivity contribution in [3.63, 3.8) is 0 Å². The molecule has 3 nitrogen and oxygen atoms in total. The fourth-order valence-electron chi connectivity index (χ4n) is 0.938. The fourth-order valence-corrected chi connectivity index (χ4v) is 0.938. The number of rotatable bonds is 2. The molecule has 0 aliphatic carbocycles. The first-order chi connectivity index (χ1) is 5.52. The number of hydrogen-bond donors (Lipinski definition) is 0. The van der Waals surface area contributed by atoms with Crippen LogP contribution in [0.3, 0.4) is 0 Å². The first-order valence-corrected chi connectivity index (χ1v) is 3.35. The summed E-state index contributed by atoms with van der Waals surface area (Å²) in [7, 11) is 1.50.